The van der Waals surface area contributed by atoms with Crippen LogP contribution in [0.4, 0.5) is 5.13 Å². The van der Waals surface area contributed by atoms with Gasteiger partial charge in [0.15, 0.2) is 3.95 Å². The second kappa shape index (κ2) is 4.63. The fourth-order valence-electron chi connectivity index (χ4n) is 0.964. The van der Waals surface area contributed by atoms with E-state index in [4.69, 9.17) is 12.2 Å². The Hall–Kier alpha value is -0.790. The van der Waals surface area contributed by atoms with Crippen molar-refractivity contribution in [3.05, 3.63) is 20.5 Å². The summed E-state index contributed by atoms with van der Waals surface area (Å²) in [7, 11) is 0. The molecule has 0 fully saturated rings. The molecular formula is C7H8N4S3. The molecule has 0 atom stereocenters. The smallest absolute Gasteiger partial charge is 0.204 e. The lowest BCUT2D eigenvalue weighted by Gasteiger charge is -1.98. The predicted octanol–water partition coefficient (Wildman–Crippen LogP) is 2.31. The molecule has 4 nitrogen and oxygen atoms in total. The maximum atomic E-state index is 4.91. The largest absolute Gasteiger partial charge is 0.360 e. The zero-order chi connectivity index (χ0) is 9.80. The highest BCUT2D eigenvalue weighted by Gasteiger charge is 1.97. The molecule has 7 heteroatoms. The molecule has 0 unspecified atom stereocenters. The zero-order valence-electron chi connectivity index (χ0n) is 7.19. The van der Waals surface area contributed by atoms with E-state index < -0.39 is 0 Å². The Bertz CT molecular complexity index is 430. The van der Waals surface area contributed by atoms with E-state index in [9.17, 15) is 0 Å². The first kappa shape index (κ1) is 9.75. The lowest BCUT2D eigenvalue weighted by atomic mass is 10.3. The molecule has 0 radical (unpaired) electrons. The summed E-state index contributed by atoms with van der Waals surface area (Å²) in [6.45, 7) is 0.833. The number of rotatable bonds is 4. The maximum absolute atomic E-state index is 4.91. The summed E-state index contributed by atoms with van der Waals surface area (Å²) in [5, 5.41) is 12.8. The number of hydrogen-bond acceptors (Lipinski definition) is 6. The van der Waals surface area contributed by atoms with Crippen LogP contribution in [0.25, 0.3) is 0 Å². The van der Waals surface area contributed by atoms with Crippen LogP contribution >= 0.6 is 34.9 Å². The predicted molar refractivity (Wildman–Crippen MR) is 61.6 cm³/mol. The molecule has 0 aliphatic carbocycles. The highest BCUT2D eigenvalue weighted by Crippen LogP contribution is 2.10. The minimum absolute atomic E-state index is 0.696. The maximum Gasteiger partial charge on any atom is 0.204 e. The Morgan fingerprint density at radius 1 is 1.57 bits per heavy atom. The van der Waals surface area contributed by atoms with Gasteiger partial charge in [-0.3, -0.25) is 5.10 Å². The number of aromatic amines is 1. The molecule has 14 heavy (non-hydrogen) atoms. The van der Waals surface area contributed by atoms with Crippen LogP contribution < -0.4 is 5.32 Å². The van der Waals surface area contributed by atoms with E-state index in [1.165, 1.54) is 11.3 Å². The number of hydrogen-bond donors (Lipinski definition) is 2. The number of thiazole rings is 1. The average Bonchev–Trinajstić information content (AvgIpc) is 2.77. The summed E-state index contributed by atoms with van der Waals surface area (Å²) < 4.78 is 0.696. The molecule has 0 bridgehead atoms. The lowest BCUT2D eigenvalue weighted by molar-refractivity contribution is 0.962. The molecule has 2 aromatic rings. The van der Waals surface area contributed by atoms with Crippen LogP contribution in [0.3, 0.4) is 0 Å². The first-order chi connectivity index (χ1) is 6.84. The molecule has 0 saturated heterocycles. The van der Waals surface area contributed by atoms with Crippen LogP contribution in [-0.2, 0) is 6.42 Å². The van der Waals surface area contributed by atoms with Gasteiger partial charge in [0.05, 0.1) is 11.2 Å². The summed E-state index contributed by atoms with van der Waals surface area (Å²) in [5.74, 6) is 0. The van der Waals surface area contributed by atoms with Crippen LogP contribution in [-0.4, -0.2) is 21.7 Å². The van der Waals surface area contributed by atoms with Gasteiger partial charge in [-0.25, -0.2) is 4.98 Å². The monoisotopic (exact) mass is 244 g/mol. The van der Waals surface area contributed by atoms with Crippen molar-refractivity contribution in [2.75, 3.05) is 11.9 Å². The quantitative estimate of drug-likeness (QED) is 0.810. The summed E-state index contributed by atoms with van der Waals surface area (Å²) >= 11 is 7.97. The van der Waals surface area contributed by atoms with Crippen LogP contribution in [0.15, 0.2) is 10.9 Å². The Morgan fingerprint density at radius 3 is 3.14 bits per heavy atom. The van der Waals surface area contributed by atoms with Gasteiger partial charge in [0.1, 0.15) is 0 Å². The van der Waals surface area contributed by atoms with E-state index in [2.05, 4.69) is 20.5 Å². The fourth-order valence-corrected chi connectivity index (χ4v) is 2.37. The van der Waals surface area contributed by atoms with E-state index in [1.807, 2.05) is 10.9 Å². The number of anilines is 1. The standard InChI is InChI=1S/C7H8N4S3/c12-7-11-10-6(14-7)8-2-1-5-3-13-4-9-5/h3-4H,1-2H2,(H,8,10)(H,11,12). The van der Waals surface area contributed by atoms with E-state index in [-0.39, 0.29) is 0 Å². The highest BCUT2D eigenvalue weighted by atomic mass is 32.1. The van der Waals surface area contributed by atoms with Gasteiger partial charge in [-0.1, -0.05) is 11.3 Å². The van der Waals surface area contributed by atoms with Crippen LogP contribution in [0.1, 0.15) is 5.69 Å². The SMILES string of the molecule is S=c1[nH]nc(NCCc2cscn2)s1. The number of nitrogens with one attached hydrogen (secondary N) is 2. The van der Waals surface area contributed by atoms with Gasteiger partial charge < -0.3 is 5.32 Å². The van der Waals surface area contributed by atoms with Gasteiger partial charge in [0.2, 0.25) is 5.13 Å². The van der Waals surface area contributed by atoms with Gasteiger partial charge in [-0.2, -0.15) is 0 Å². The van der Waals surface area contributed by atoms with Crippen molar-refractivity contribution in [1.29, 1.82) is 0 Å². The minimum atomic E-state index is 0.696. The van der Waals surface area contributed by atoms with Crippen molar-refractivity contribution >= 4 is 40.0 Å². The van der Waals surface area contributed by atoms with Crippen molar-refractivity contribution in [2.24, 2.45) is 0 Å². The van der Waals surface area contributed by atoms with Gasteiger partial charge >= 0.3 is 0 Å². The topological polar surface area (TPSA) is 53.6 Å². The van der Waals surface area contributed by atoms with Gasteiger partial charge in [-0.05, 0) is 12.2 Å². The van der Waals surface area contributed by atoms with Crippen LogP contribution in [0.2, 0.25) is 0 Å². The number of H-pyrrole nitrogens is 1. The second-order valence-electron chi connectivity index (χ2n) is 2.57. The lowest BCUT2D eigenvalue weighted by Crippen LogP contribution is -2.04. The third-order valence-corrected chi connectivity index (χ3v) is 3.26. The first-order valence-electron chi connectivity index (χ1n) is 4.01. The van der Waals surface area contributed by atoms with Crippen molar-refractivity contribution in [1.82, 2.24) is 15.2 Å². The molecule has 2 heterocycles. The molecule has 0 amide bonds. The molecule has 2 rings (SSSR count). The summed E-state index contributed by atoms with van der Waals surface area (Å²) in [6, 6.07) is 0. The Balaban J connectivity index is 1.81. The Morgan fingerprint density at radius 2 is 2.50 bits per heavy atom. The third kappa shape index (κ3) is 2.60. The van der Waals surface area contributed by atoms with Gasteiger partial charge in [-0.15, -0.1) is 16.4 Å². The van der Waals surface area contributed by atoms with E-state index >= 15 is 0 Å². The minimum Gasteiger partial charge on any atom is -0.360 e. The Kier molecular flexibility index (Phi) is 3.22. The molecule has 0 spiro atoms. The van der Waals surface area contributed by atoms with E-state index in [0.29, 0.717) is 3.95 Å². The van der Waals surface area contributed by atoms with Crippen molar-refractivity contribution in [2.45, 2.75) is 6.42 Å². The summed E-state index contributed by atoms with van der Waals surface area (Å²) in [4.78, 5) is 4.19. The summed E-state index contributed by atoms with van der Waals surface area (Å²) in [6.07, 6.45) is 0.913. The van der Waals surface area contributed by atoms with Gasteiger partial charge in [0, 0.05) is 18.3 Å². The fraction of sp³-hybridized carbons (Fsp3) is 0.286. The van der Waals surface area contributed by atoms with Crippen molar-refractivity contribution in [3.8, 4) is 0 Å². The zero-order valence-corrected chi connectivity index (χ0v) is 9.64. The van der Waals surface area contributed by atoms with Crippen LogP contribution in [0, 0.1) is 3.95 Å². The molecule has 0 aromatic carbocycles. The normalized spacial score (nSPS) is 10.3. The molecule has 0 aliphatic heterocycles. The third-order valence-electron chi connectivity index (χ3n) is 1.58. The number of aromatic nitrogens is 3. The Labute approximate surface area is 94.0 Å². The molecule has 2 aromatic heterocycles. The molecular weight excluding hydrogens is 236 g/mol. The van der Waals surface area contributed by atoms with Crippen LogP contribution in [0.5, 0.6) is 0 Å². The molecule has 74 valence electrons. The first-order valence-corrected chi connectivity index (χ1v) is 6.18. The van der Waals surface area contributed by atoms with Crippen molar-refractivity contribution < 1.29 is 0 Å². The molecule has 0 aliphatic rings. The highest BCUT2D eigenvalue weighted by molar-refractivity contribution is 7.73. The number of nitrogens with zero attached hydrogens (tertiary/aromatic N) is 2. The average molecular weight is 244 g/mol. The second-order valence-corrected chi connectivity index (χ2v) is 4.96. The molecule has 2 N–H and O–H groups in total. The van der Waals surface area contributed by atoms with Gasteiger partial charge in [0.25, 0.3) is 0 Å². The van der Waals surface area contributed by atoms with E-state index in [0.717, 1.165) is 23.8 Å². The van der Waals surface area contributed by atoms with Crippen molar-refractivity contribution in [3.63, 3.8) is 0 Å². The van der Waals surface area contributed by atoms with E-state index in [1.54, 1.807) is 11.3 Å². The summed E-state index contributed by atoms with van der Waals surface area (Å²) in [5.41, 5.74) is 2.95. The molecule has 0 saturated carbocycles.